The molecular formula is C38H65N5O7. The molecule has 1 aromatic heterocycles. The largest absolute Gasteiger partial charge is 0.463 e. The van der Waals surface area contributed by atoms with Crippen LogP contribution >= 0.6 is 0 Å². The van der Waals surface area contributed by atoms with Gasteiger partial charge in [0.2, 0.25) is 0 Å². The fourth-order valence-corrected chi connectivity index (χ4v) is 8.37. The van der Waals surface area contributed by atoms with Crippen LogP contribution in [0.4, 0.5) is 0 Å². The maximum atomic E-state index is 14.3. The minimum atomic E-state index is -1.43. The van der Waals surface area contributed by atoms with E-state index in [4.69, 9.17) is 18.9 Å². The third kappa shape index (κ3) is 9.67. The monoisotopic (exact) mass is 703 g/mol. The van der Waals surface area contributed by atoms with Crippen LogP contribution in [0.5, 0.6) is 0 Å². The van der Waals surface area contributed by atoms with Gasteiger partial charge in [0.1, 0.15) is 24.5 Å². The number of likely N-dealkylation sites (N-methyl/N-ethyl adjacent to an activating group) is 1. The molecule has 0 amide bonds. The number of aliphatic hydroxyl groups excluding tert-OH is 1. The Morgan fingerprint density at radius 3 is 2.56 bits per heavy atom. The van der Waals surface area contributed by atoms with Crippen molar-refractivity contribution >= 4 is 11.8 Å². The van der Waals surface area contributed by atoms with Gasteiger partial charge >= 0.3 is 5.97 Å². The number of rotatable bonds is 10. The van der Waals surface area contributed by atoms with Gasteiger partial charge in [-0.2, -0.15) is 0 Å². The van der Waals surface area contributed by atoms with Gasteiger partial charge in [0.15, 0.2) is 12.1 Å². The summed E-state index contributed by atoms with van der Waals surface area (Å²) in [5, 5.41) is 11.4. The first-order chi connectivity index (χ1) is 23.6. The molecule has 0 spiro atoms. The fraction of sp³-hybridized carbons (Fsp3) is 0.842. The molecule has 4 rings (SSSR count). The number of aliphatic hydroxyl groups is 1. The molecular weight excluding hydrogens is 638 g/mol. The van der Waals surface area contributed by atoms with Gasteiger partial charge in [0.25, 0.3) is 0 Å². The molecule has 2 saturated heterocycles. The fourth-order valence-electron chi connectivity index (χ4n) is 8.37. The molecule has 0 unspecified atom stereocenters. The van der Waals surface area contributed by atoms with E-state index in [1.165, 1.54) is 5.56 Å². The Kier molecular flexibility index (Phi) is 14.4. The molecule has 9 atom stereocenters. The predicted molar refractivity (Wildman–Crippen MR) is 191 cm³/mol. The van der Waals surface area contributed by atoms with Crippen molar-refractivity contribution in [2.24, 2.45) is 17.3 Å². The highest BCUT2D eigenvalue weighted by Crippen LogP contribution is 2.38. The normalized spacial score (nSPS) is 35.1. The summed E-state index contributed by atoms with van der Waals surface area (Å²) in [6.45, 7) is 18.0. The van der Waals surface area contributed by atoms with Crippen molar-refractivity contribution in [1.29, 1.82) is 0 Å². The van der Waals surface area contributed by atoms with Crippen LogP contribution in [0.15, 0.2) is 12.5 Å². The summed E-state index contributed by atoms with van der Waals surface area (Å²) in [5.74, 6) is -1.44. The molecule has 284 valence electrons. The van der Waals surface area contributed by atoms with Gasteiger partial charge in [0.05, 0.1) is 17.8 Å². The zero-order valence-electron chi connectivity index (χ0n) is 32.4. The molecule has 0 aromatic carbocycles. The van der Waals surface area contributed by atoms with E-state index < -0.39 is 41.4 Å². The van der Waals surface area contributed by atoms with Gasteiger partial charge in [-0.1, -0.05) is 20.8 Å². The first-order valence-corrected chi connectivity index (χ1v) is 18.8. The van der Waals surface area contributed by atoms with Crippen molar-refractivity contribution in [2.45, 2.75) is 136 Å². The molecule has 1 aromatic rings. The van der Waals surface area contributed by atoms with Gasteiger partial charge in [-0.3, -0.25) is 19.4 Å². The second kappa shape index (κ2) is 17.6. The van der Waals surface area contributed by atoms with Crippen LogP contribution in [0.3, 0.4) is 0 Å². The van der Waals surface area contributed by atoms with Gasteiger partial charge < -0.3 is 29.0 Å². The number of ketones is 1. The topological polar surface area (TPSA) is 127 Å². The molecule has 0 saturated carbocycles. The van der Waals surface area contributed by atoms with Crippen molar-refractivity contribution in [3.63, 3.8) is 0 Å². The van der Waals surface area contributed by atoms with E-state index >= 15 is 0 Å². The summed E-state index contributed by atoms with van der Waals surface area (Å²) in [7, 11) is 5.51. The average Bonchev–Trinajstić information content (AvgIpc) is 3.08. The lowest BCUT2D eigenvalue weighted by atomic mass is 9.74. The molecule has 12 nitrogen and oxygen atoms in total. The summed E-state index contributed by atoms with van der Waals surface area (Å²) in [6.07, 6.45) is 5.61. The van der Waals surface area contributed by atoms with E-state index in [1.807, 2.05) is 39.0 Å². The van der Waals surface area contributed by atoms with Crippen molar-refractivity contribution < 1.29 is 33.6 Å². The maximum Gasteiger partial charge on any atom is 0.319 e. The standard InChI is InChI=1S/C38H65N5O7/c1-11-15-43-21-25(2)19-38(7,47-10)34(50-35-32(44)31(41(8)9)18-26(3)49-35)27(4)33(45)37(5,6)36(46)48-23-29(43)13-12-16-42-17-14-30-28(22-42)20-39-24-40-30/h20,24-27,29,31-32,34-35,44H,11-19,21-23H2,1-10H3/t25-,26+,27-,29+,31-,32+,34+,35-,38+/m0/s1. The second-order valence-electron chi connectivity index (χ2n) is 16.1. The highest BCUT2D eigenvalue weighted by atomic mass is 16.7. The molecule has 3 aliphatic rings. The number of methoxy groups -OCH3 is 1. The van der Waals surface area contributed by atoms with Gasteiger partial charge in [0, 0.05) is 68.6 Å². The van der Waals surface area contributed by atoms with Crippen LogP contribution < -0.4 is 0 Å². The van der Waals surface area contributed by atoms with E-state index in [1.54, 1.807) is 34.2 Å². The number of ether oxygens (including phenoxy) is 4. The Labute approximate surface area is 300 Å². The Morgan fingerprint density at radius 1 is 1.14 bits per heavy atom. The third-order valence-electron chi connectivity index (χ3n) is 11.3. The van der Waals surface area contributed by atoms with Gasteiger partial charge in [-0.05, 0) is 92.9 Å². The minimum absolute atomic E-state index is 0.00178. The van der Waals surface area contributed by atoms with E-state index in [9.17, 15) is 14.7 Å². The van der Waals surface area contributed by atoms with Crippen molar-refractivity contribution in [3.8, 4) is 0 Å². The van der Waals surface area contributed by atoms with Crippen molar-refractivity contribution in [3.05, 3.63) is 23.8 Å². The van der Waals surface area contributed by atoms with E-state index in [-0.39, 0.29) is 36.5 Å². The van der Waals surface area contributed by atoms with E-state index in [0.29, 0.717) is 12.8 Å². The number of hydrogen-bond donors (Lipinski definition) is 1. The number of cyclic esters (lactones) is 1. The summed E-state index contributed by atoms with van der Waals surface area (Å²) >= 11 is 0. The van der Waals surface area contributed by atoms with Crippen molar-refractivity contribution in [2.75, 3.05) is 54.0 Å². The number of hydrogen-bond acceptors (Lipinski definition) is 12. The zero-order valence-corrected chi connectivity index (χ0v) is 32.4. The Morgan fingerprint density at radius 2 is 1.88 bits per heavy atom. The first-order valence-electron chi connectivity index (χ1n) is 18.8. The first kappa shape index (κ1) is 40.7. The Bertz CT molecular complexity index is 1270. The van der Waals surface area contributed by atoms with E-state index in [0.717, 1.165) is 64.1 Å². The Balaban J connectivity index is 1.58. The number of esters is 1. The predicted octanol–water partition coefficient (Wildman–Crippen LogP) is 3.73. The third-order valence-corrected chi connectivity index (χ3v) is 11.3. The molecule has 0 aliphatic carbocycles. The van der Waals surface area contributed by atoms with Gasteiger partial charge in [-0.25, -0.2) is 9.97 Å². The molecule has 1 N–H and O–H groups in total. The maximum absolute atomic E-state index is 14.3. The van der Waals surface area contributed by atoms with Crippen LogP contribution in [-0.4, -0.2) is 138 Å². The van der Waals surface area contributed by atoms with Crippen LogP contribution in [0, 0.1) is 17.3 Å². The number of carbonyl (C=O) groups is 2. The molecule has 0 bridgehead atoms. The van der Waals surface area contributed by atoms with Gasteiger partial charge in [-0.15, -0.1) is 0 Å². The van der Waals surface area contributed by atoms with Crippen LogP contribution in [0.2, 0.25) is 0 Å². The lowest BCUT2D eigenvalue weighted by Gasteiger charge is -2.47. The SMILES string of the molecule is CCCN1C[C@@H](C)C[C@@](C)(OC)[C@H](O[C@@H]2O[C@H](C)C[C@H](N(C)C)[C@H]2O)[C@@H](C)C(=O)C(C)(C)C(=O)OC[C@H]1CCCN1CCc2ncncc2C1. The summed E-state index contributed by atoms with van der Waals surface area (Å²) < 4.78 is 25.2. The number of nitrogens with zero attached hydrogens (tertiary/aromatic N) is 5. The second-order valence-corrected chi connectivity index (χ2v) is 16.1. The average molecular weight is 704 g/mol. The summed E-state index contributed by atoms with van der Waals surface area (Å²) in [4.78, 5) is 43.7. The molecule has 50 heavy (non-hydrogen) atoms. The van der Waals surface area contributed by atoms with Crippen LogP contribution in [-0.2, 0) is 41.5 Å². The highest BCUT2D eigenvalue weighted by Gasteiger charge is 2.51. The molecule has 2 fully saturated rings. The number of Topliss-reactive ketones (excluding diaryl/α,β-unsaturated/α-hetero) is 1. The minimum Gasteiger partial charge on any atom is -0.463 e. The van der Waals surface area contributed by atoms with Crippen LogP contribution in [0.25, 0.3) is 0 Å². The number of aromatic nitrogens is 2. The number of carbonyl (C=O) groups excluding carboxylic acids is 2. The summed E-state index contributed by atoms with van der Waals surface area (Å²) in [6, 6.07) is -0.176. The lowest BCUT2D eigenvalue weighted by molar-refractivity contribution is -0.295. The van der Waals surface area contributed by atoms with E-state index in [2.05, 4.69) is 33.6 Å². The zero-order chi connectivity index (χ0) is 36.8. The molecule has 4 heterocycles. The molecule has 3 aliphatic heterocycles. The number of fused-ring (bicyclic) bond motifs is 1. The lowest BCUT2D eigenvalue weighted by Crippen LogP contribution is -2.59. The summed E-state index contributed by atoms with van der Waals surface area (Å²) in [5.41, 5.74) is -0.0259. The van der Waals surface area contributed by atoms with Crippen molar-refractivity contribution in [1.82, 2.24) is 24.7 Å². The molecule has 12 heteroatoms. The quantitative estimate of drug-likeness (QED) is 0.282. The highest BCUT2D eigenvalue weighted by molar-refractivity contribution is 6.04. The van der Waals surface area contributed by atoms with Crippen LogP contribution in [0.1, 0.15) is 91.8 Å². The molecule has 0 radical (unpaired) electrons. The smallest absolute Gasteiger partial charge is 0.319 e. The Hall–Kier alpha value is -2.06.